The van der Waals surface area contributed by atoms with Crippen molar-refractivity contribution in [3.63, 3.8) is 0 Å². The van der Waals surface area contributed by atoms with Crippen molar-refractivity contribution in [3.8, 4) is 0 Å². The lowest BCUT2D eigenvalue weighted by atomic mass is 10.2. The summed E-state index contributed by atoms with van der Waals surface area (Å²) in [5.41, 5.74) is 7.08. The maximum absolute atomic E-state index is 5.89. The minimum atomic E-state index is 0.359. The van der Waals surface area contributed by atoms with Crippen LogP contribution in [0.1, 0.15) is 30.1 Å². The van der Waals surface area contributed by atoms with E-state index in [0.717, 1.165) is 24.5 Å². The first-order chi connectivity index (χ1) is 6.66. The molecule has 1 aromatic rings. The van der Waals surface area contributed by atoms with Crippen LogP contribution in [0.2, 0.25) is 0 Å². The molecule has 0 amide bonds. The number of rotatable bonds is 2. The van der Waals surface area contributed by atoms with E-state index in [1.54, 1.807) is 11.3 Å². The molecule has 1 aliphatic rings. The Labute approximate surface area is 88.9 Å². The van der Waals surface area contributed by atoms with Gasteiger partial charge in [-0.3, -0.25) is 4.90 Å². The molecule has 78 valence electrons. The predicted octanol–water partition coefficient (Wildman–Crippen LogP) is 1.55. The molecule has 2 N–H and O–H groups in total. The van der Waals surface area contributed by atoms with E-state index in [2.05, 4.69) is 29.1 Å². The lowest BCUT2D eigenvalue weighted by molar-refractivity contribution is 0.256. The molecule has 0 aliphatic carbocycles. The highest BCUT2D eigenvalue weighted by Gasteiger charge is 2.25. The second-order valence-electron chi connectivity index (χ2n) is 4.01. The van der Waals surface area contributed by atoms with Crippen LogP contribution in [0.5, 0.6) is 0 Å². The van der Waals surface area contributed by atoms with Gasteiger partial charge < -0.3 is 5.73 Å². The first-order valence-electron chi connectivity index (χ1n) is 5.08. The molecule has 0 saturated carbocycles. The van der Waals surface area contributed by atoms with Gasteiger partial charge in [-0.1, -0.05) is 0 Å². The first kappa shape index (κ1) is 10.1. The van der Waals surface area contributed by atoms with Crippen LogP contribution in [0.25, 0.3) is 0 Å². The largest absolute Gasteiger partial charge is 0.326 e. The summed E-state index contributed by atoms with van der Waals surface area (Å²) < 4.78 is 0. The molecule has 2 unspecified atom stereocenters. The van der Waals surface area contributed by atoms with Gasteiger partial charge in [-0.05, 0) is 20.3 Å². The third-order valence-electron chi connectivity index (χ3n) is 2.87. The quantitative estimate of drug-likeness (QED) is 0.807. The number of likely N-dealkylation sites (tertiary alicyclic amines) is 1. The van der Waals surface area contributed by atoms with E-state index in [4.69, 9.17) is 5.73 Å². The van der Waals surface area contributed by atoms with Gasteiger partial charge in [0.25, 0.3) is 0 Å². The molecule has 1 aromatic heterocycles. The van der Waals surface area contributed by atoms with Crippen molar-refractivity contribution in [2.24, 2.45) is 5.73 Å². The third-order valence-corrected chi connectivity index (χ3v) is 3.66. The van der Waals surface area contributed by atoms with E-state index in [9.17, 15) is 0 Å². The molecule has 2 heterocycles. The van der Waals surface area contributed by atoms with Crippen molar-refractivity contribution < 1.29 is 0 Å². The van der Waals surface area contributed by atoms with Crippen molar-refractivity contribution in [1.29, 1.82) is 0 Å². The molecule has 0 aromatic carbocycles. The fraction of sp³-hybridized carbons (Fsp3) is 0.700. The molecule has 4 heteroatoms. The van der Waals surface area contributed by atoms with Crippen LogP contribution in [-0.2, 0) is 0 Å². The lowest BCUT2D eigenvalue weighted by Crippen LogP contribution is -2.28. The summed E-state index contributed by atoms with van der Waals surface area (Å²) in [7, 11) is 0. The standard InChI is InChI=1S/C10H17N3S/c1-7(10-6-14-8(2)12-10)13-4-3-9(11)5-13/h6-7,9H,3-5,11H2,1-2H3. The highest BCUT2D eigenvalue weighted by Crippen LogP contribution is 2.24. The van der Waals surface area contributed by atoms with Crippen LogP contribution < -0.4 is 5.73 Å². The molecule has 0 radical (unpaired) electrons. The summed E-state index contributed by atoms with van der Waals surface area (Å²) in [5.74, 6) is 0. The number of aryl methyl sites for hydroxylation is 1. The van der Waals surface area contributed by atoms with Gasteiger partial charge in [-0.25, -0.2) is 4.98 Å². The Morgan fingerprint density at radius 2 is 2.50 bits per heavy atom. The van der Waals surface area contributed by atoms with Crippen molar-refractivity contribution in [3.05, 3.63) is 16.1 Å². The number of nitrogens with two attached hydrogens (primary N) is 1. The molecular formula is C10H17N3S. The molecule has 3 nitrogen and oxygen atoms in total. The maximum Gasteiger partial charge on any atom is 0.0898 e. The molecule has 0 spiro atoms. The molecule has 1 fully saturated rings. The zero-order chi connectivity index (χ0) is 10.1. The predicted molar refractivity (Wildman–Crippen MR) is 59.4 cm³/mol. The molecule has 0 bridgehead atoms. The van der Waals surface area contributed by atoms with Crippen LogP contribution in [0.15, 0.2) is 5.38 Å². The Balaban J connectivity index is 2.05. The van der Waals surface area contributed by atoms with Crippen molar-refractivity contribution in [2.45, 2.75) is 32.4 Å². The third kappa shape index (κ3) is 1.97. The summed E-state index contributed by atoms with van der Waals surface area (Å²) >= 11 is 1.72. The molecular weight excluding hydrogens is 194 g/mol. The second-order valence-corrected chi connectivity index (χ2v) is 5.07. The van der Waals surface area contributed by atoms with Crippen LogP contribution >= 0.6 is 11.3 Å². The van der Waals surface area contributed by atoms with E-state index < -0.39 is 0 Å². The summed E-state index contributed by atoms with van der Waals surface area (Å²) in [5, 5.41) is 3.31. The van der Waals surface area contributed by atoms with E-state index >= 15 is 0 Å². The monoisotopic (exact) mass is 211 g/mol. The average molecular weight is 211 g/mol. The maximum atomic E-state index is 5.89. The summed E-state index contributed by atoms with van der Waals surface area (Å²) in [6.45, 7) is 6.39. The molecule has 14 heavy (non-hydrogen) atoms. The number of hydrogen-bond acceptors (Lipinski definition) is 4. The van der Waals surface area contributed by atoms with Gasteiger partial charge in [-0.2, -0.15) is 0 Å². The molecule has 2 rings (SSSR count). The second kappa shape index (κ2) is 3.96. The van der Waals surface area contributed by atoms with Gasteiger partial charge in [0.2, 0.25) is 0 Å². The molecule has 2 atom stereocenters. The van der Waals surface area contributed by atoms with Crippen LogP contribution in [0.4, 0.5) is 0 Å². The smallest absolute Gasteiger partial charge is 0.0898 e. The first-order valence-corrected chi connectivity index (χ1v) is 5.96. The van der Waals surface area contributed by atoms with Crippen molar-refractivity contribution in [2.75, 3.05) is 13.1 Å². The van der Waals surface area contributed by atoms with E-state index in [1.165, 1.54) is 5.69 Å². The number of hydrogen-bond donors (Lipinski definition) is 1. The Kier molecular flexibility index (Phi) is 2.85. The van der Waals surface area contributed by atoms with Gasteiger partial charge in [0, 0.05) is 24.5 Å². The fourth-order valence-corrected chi connectivity index (χ4v) is 2.63. The van der Waals surface area contributed by atoms with E-state index in [0.29, 0.717) is 12.1 Å². The van der Waals surface area contributed by atoms with Crippen LogP contribution in [0, 0.1) is 6.92 Å². The summed E-state index contributed by atoms with van der Waals surface area (Å²) in [4.78, 5) is 6.93. The molecule has 1 aliphatic heterocycles. The van der Waals surface area contributed by atoms with Gasteiger partial charge in [0.1, 0.15) is 0 Å². The van der Waals surface area contributed by atoms with Crippen molar-refractivity contribution >= 4 is 11.3 Å². The van der Waals surface area contributed by atoms with E-state index in [1.807, 2.05) is 0 Å². The zero-order valence-electron chi connectivity index (χ0n) is 8.73. The Bertz CT molecular complexity index is 310. The Hall–Kier alpha value is -0.450. The number of thiazole rings is 1. The molecule has 1 saturated heterocycles. The van der Waals surface area contributed by atoms with Gasteiger partial charge in [0.15, 0.2) is 0 Å². The van der Waals surface area contributed by atoms with Gasteiger partial charge in [-0.15, -0.1) is 11.3 Å². The summed E-state index contributed by atoms with van der Waals surface area (Å²) in [6.07, 6.45) is 1.12. The highest BCUT2D eigenvalue weighted by molar-refractivity contribution is 7.09. The average Bonchev–Trinajstić information content (AvgIpc) is 2.73. The highest BCUT2D eigenvalue weighted by atomic mass is 32.1. The minimum absolute atomic E-state index is 0.359. The van der Waals surface area contributed by atoms with Crippen LogP contribution in [0.3, 0.4) is 0 Å². The van der Waals surface area contributed by atoms with Crippen LogP contribution in [-0.4, -0.2) is 29.0 Å². The normalized spacial score (nSPS) is 25.5. The van der Waals surface area contributed by atoms with Crippen molar-refractivity contribution in [1.82, 2.24) is 9.88 Å². The van der Waals surface area contributed by atoms with Gasteiger partial charge in [0.05, 0.1) is 16.7 Å². The SMILES string of the molecule is Cc1nc(C(C)N2CCC(N)C2)cs1. The topological polar surface area (TPSA) is 42.2 Å². The summed E-state index contributed by atoms with van der Waals surface area (Å²) in [6, 6.07) is 0.783. The van der Waals surface area contributed by atoms with E-state index in [-0.39, 0.29) is 0 Å². The Morgan fingerprint density at radius 3 is 3.00 bits per heavy atom. The zero-order valence-corrected chi connectivity index (χ0v) is 9.55. The lowest BCUT2D eigenvalue weighted by Gasteiger charge is -2.22. The minimum Gasteiger partial charge on any atom is -0.326 e. The number of aromatic nitrogens is 1. The Morgan fingerprint density at radius 1 is 1.71 bits per heavy atom. The fourth-order valence-electron chi connectivity index (χ4n) is 1.93. The van der Waals surface area contributed by atoms with Gasteiger partial charge >= 0.3 is 0 Å². The number of nitrogens with zero attached hydrogens (tertiary/aromatic N) is 2.